The monoisotopic (exact) mass is 326 g/mol. The molecule has 0 saturated carbocycles. The lowest BCUT2D eigenvalue weighted by Gasteiger charge is -2.16. The Morgan fingerprint density at radius 3 is 2.83 bits per heavy atom. The van der Waals surface area contributed by atoms with Gasteiger partial charge >= 0.3 is 5.97 Å². The Morgan fingerprint density at radius 2 is 2.12 bits per heavy atom. The lowest BCUT2D eigenvalue weighted by molar-refractivity contribution is 0.0699. The standard InChI is InChI=1S/C18H18N2O4/c21-11-12(9-13-3-2-8-24-13)10-20-16-6-5-15(18(22)23)14-4-1-7-19-17(14)16/h1-8,12,20-21H,9-11H2,(H,22,23). The molecule has 0 fully saturated rings. The van der Waals surface area contributed by atoms with Crippen LogP contribution in [-0.2, 0) is 6.42 Å². The molecule has 0 amide bonds. The second-order valence-electron chi connectivity index (χ2n) is 5.58. The minimum absolute atomic E-state index is 0.0194. The molecule has 0 radical (unpaired) electrons. The van der Waals surface area contributed by atoms with Gasteiger partial charge < -0.3 is 19.9 Å². The number of benzene rings is 1. The third-order valence-electron chi connectivity index (χ3n) is 3.91. The third kappa shape index (κ3) is 3.38. The fourth-order valence-electron chi connectivity index (χ4n) is 2.67. The first kappa shape index (κ1) is 16.0. The SMILES string of the molecule is O=C(O)c1ccc(NCC(CO)Cc2ccco2)c2ncccc12. The second-order valence-corrected chi connectivity index (χ2v) is 5.58. The number of hydrogen-bond donors (Lipinski definition) is 3. The van der Waals surface area contributed by atoms with Crippen molar-refractivity contribution in [3.63, 3.8) is 0 Å². The maximum absolute atomic E-state index is 11.3. The van der Waals surface area contributed by atoms with E-state index in [1.165, 1.54) is 0 Å². The molecule has 2 heterocycles. The molecule has 1 atom stereocenters. The average Bonchev–Trinajstić information content (AvgIpc) is 3.11. The molecule has 0 saturated heterocycles. The number of carboxylic acids is 1. The first-order valence-electron chi connectivity index (χ1n) is 7.67. The number of nitrogens with zero attached hydrogens (tertiary/aromatic N) is 1. The number of anilines is 1. The van der Waals surface area contributed by atoms with E-state index in [0.717, 1.165) is 11.4 Å². The van der Waals surface area contributed by atoms with E-state index in [1.54, 1.807) is 36.7 Å². The Bertz CT molecular complexity index is 830. The molecule has 0 bridgehead atoms. The molecule has 0 aliphatic carbocycles. The molecule has 3 aromatic rings. The number of aromatic carboxylic acids is 1. The van der Waals surface area contributed by atoms with Crippen molar-refractivity contribution >= 4 is 22.6 Å². The Morgan fingerprint density at radius 1 is 1.25 bits per heavy atom. The number of carbonyl (C=O) groups is 1. The number of nitrogens with one attached hydrogen (secondary N) is 1. The summed E-state index contributed by atoms with van der Waals surface area (Å²) < 4.78 is 5.31. The summed E-state index contributed by atoms with van der Waals surface area (Å²) in [5.74, 6) is -0.181. The van der Waals surface area contributed by atoms with E-state index in [4.69, 9.17) is 4.42 Å². The topological polar surface area (TPSA) is 95.6 Å². The summed E-state index contributed by atoms with van der Waals surface area (Å²) in [6, 6.07) is 10.4. The number of pyridine rings is 1. The highest BCUT2D eigenvalue weighted by Crippen LogP contribution is 2.25. The first-order valence-corrected chi connectivity index (χ1v) is 7.67. The fourth-order valence-corrected chi connectivity index (χ4v) is 2.67. The number of carboxylic acid groups (broad SMARTS) is 1. The molecule has 0 aliphatic rings. The van der Waals surface area contributed by atoms with Crippen molar-refractivity contribution in [2.24, 2.45) is 5.92 Å². The van der Waals surface area contributed by atoms with Crippen LogP contribution in [0.4, 0.5) is 5.69 Å². The molecule has 1 unspecified atom stereocenters. The molecule has 3 N–H and O–H groups in total. The maximum atomic E-state index is 11.3. The van der Waals surface area contributed by atoms with Crippen molar-refractivity contribution in [2.45, 2.75) is 6.42 Å². The van der Waals surface area contributed by atoms with Gasteiger partial charge in [-0.05, 0) is 30.3 Å². The molecule has 24 heavy (non-hydrogen) atoms. The summed E-state index contributed by atoms with van der Waals surface area (Å²) in [6.07, 6.45) is 3.86. The van der Waals surface area contributed by atoms with Crippen molar-refractivity contribution in [3.8, 4) is 0 Å². The van der Waals surface area contributed by atoms with Gasteiger partial charge in [-0.1, -0.05) is 6.07 Å². The van der Waals surface area contributed by atoms with Gasteiger partial charge in [0.05, 0.1) is 23.0 Å². The third-order valence-corrected chi connectivity index (χ3v) is 3.91. The second kappa shape index (κ2) is 7.14. The molecule has 6 nitrogen and oxygen atoms in total. The van der Waals surface area contributed by atoms with Crippen molar-refractivity contribution in [1.82, 2.24) is 4.98 Å². The summed E-state index contributed by atoms with van der Waals surface area (Å²) in [6.45, 7) is 0.543. The maximum Gasteiger partial charge on any atom is 0.336 e. The lowest BCUT2D eigenvalue weighted by Crippen LogP contribution is -2.20. The molecular formula is C18H18N2O4. The smallest absolute Gasteiger partial charge is 0.336 e. The van der Waals surface area contributed by atoms with Crippen LogP contribution < -0.4 is 5.32 Å². The quantitative estimate of drug-likeness (QED) is 0.618. The van der Waals surface area contributed by atoms with Gasteiger partial charge in [0, 0.05) is 37.1 Å². The zero-order valence-corrected chi connectivity index (χ0v) is 13.0. The molecule has 0 spiro atoms. The number of rotatable bonds is 7. The Balaban J connectivity index is 1.80. The summed E-state index contributed by atoms with van der Waals surface area (Å²) >= 11 is 0. The van der Waals surface area contributed by atoms with Gasteiger partial charge in [0.15, 0.2) is 0 Å². The number of aliphatic hydroxyl groups excluding tert-OH is 1. The summed E-state index contributed by atoms with van der Waals surface area (Å²) in [5.41, 5.74) is 1.57. The van der Waals surface area contributed by atoms with E-state index in [1.807, 2.05) is 12.1 Å². The molecular weight excluding hydrogens is 308 g/mol. The van der Waals surface area contributed by atoms with Crippen LogP contribution in [0.25, 0.3) is 10.9 Å². The number of aliphatic hydroxyl groups is 1. The normalized spacial score (nSPS) is 12.2. The van der Waals surface area contributed by atoms with Crippen molar-refractivity contribution in [1.29, 1.82) is 0 Å². The highest BCUT2D eigenvalue weighted by Gasteiger charge is 2.14. The van der Waals surface area contributed by atoms with Crippen molar-refractivity contribution < 1.29 is 19.4 Å². The van der Waals surface area contributed by atoms with Crippen LogP contribution >= 0.6 is 0 Å². The average molecular weight is 326 g/mol. The van der Waals surface area contributed by atoms with Crippen LogP contribution in [0.5, 0.6) is 0 Å². The molecule has 2 aromatic heterocycles. The van der Waals surface area contributed by atoms with Crippen LogP contribution in [-0.4, -0.2) is 34.3 Å². The summed E-state index contributed by atoms with van der Waals surface area (Å²) in [4.78, 5) is 15.6. The lowest BCUT2D eigenvalue weighted by atomic mass is 10.0. The van der Waals surface area contributed by atoms with E-state index in [-0.39, 0.29) is 18.1 Å². The van der Waals surface area contributed by atoms with Gasteiger partial charge in [-0.3, -0.25) is 4.98 Å². The Kier molecular flexibility index (Phi) is 4.77. The molecule has 6 heteroatoms. The zero-order chi connectivity index (χ0) is 16.9. The minimum Gasteiger partial charge on any atom is -0.478 e. The highest BCUT2D eigenvalue weighted by molar-refractivity contribution is 6.06. The molecule has 0 aliphatic heterocycles. The van der Waals surface area contributed by atoms with Gasteiger partial charge in [0.2, 0.25) is 0 Å². The number of hydrogen-bond acceptors (Lipinski definition) is 5. The first-order chi connectivity index (χ1) is 11.7. The highest BCUT2D eigenvalue weighted by atomic mass is 16.4. The van der Waals surface area contributed by atoms with Crippen molar-refractivity contribution in [2.75, 3.05) is 18.5 Å². The Labute approximate surface area is 138 Å². The minimum atomic E-state index is -0.981. The summed E-state index contributed by atoms with van der Waals surface area (Å²) in [5, 5.41) is 22.7. The predicted molar refractivity (Wildman–Crippen MR) is 90.2 cm³/mol. The Hall–Kier alpha value is -2.86. The van der Waals surface area contributed by atoms with E-state index in [2.05, 4.69) is 10.3 Å². The van der Waals surface area contributed by atoms with E-state index in [9.17, 15) is 15.0 Å². The van der Waals surface area contributed by atoms with Crippen LogP contribution in [0, 0.1) is 5.92 Å². The van der Waals surface area contributed by atoms with Crippen LogP contribution in [0.2, 0.25) is 0 Å². The van der Waals surface area contributed by atoms with Gasteiger partial charge in [-0.25, -0.2) is 4.79 Å². The van der Waals surface area contributed by atoms with E-state index < -0.39 is 5.97 Å². The zero-order valence-electron chi connectivity index (χ0n) is 13.0. The van der Waals surface area contributed by atoms with Gasteiger partial charge in [0.25, 0.3) is 0 Å². The summed E-state index contributed by atoms with van der Waals surface area (Å²) in [7, 11) is 0. The molecule has 3 rings (SSSR count). The van der Waals surface area contributed by atoms with Crippen LogP contribution in [0.3, 0.4) is 0 Å². The van der Waals surface area contributed by atoms with Gasteiger partial charge in [-0.15, -0.1) is 0 Å². The van der Waals surface area contributed by atoms with Gasteiger partial charge in [0.1, 0.15) is 5.76 Å². The number of fused-ring (bicyclic) bond motifs is 1. The number of furan rings is 1. The number of aromatic nitrogens is 1. The molecule has 1 aromatic carbocycles. The van der Waals surface area contributed by atoms with Crippen LogP contribution in [0.15, 0.2) is 53.3 Å². The van der Waals surface area contributed by atoms with E-state index >= 15 is 0 Å². The van der Waals surface area contributed by atoms with Gasteiger partial charge in [-0.2, -0.15) is 0 Å². The van der Waals surface area contributed by atoms with Crippen LogP contribution in [0.1, 0.15) is 16.1 Å². The predicted octanol–water partition coefficient (Wildman–Crippen LogP) is 2.79. The largest absolute Gasteiger partial charge is 0.478 e. The van der Waals surface area contributed by atoms with Crippen molar-refractivity contribution in [3.05, 3.63) is 60.2 Å². The van der Waals surface area contributed by atoms with E-state index in [0.29, 0.717) is 23.9 Å². The molecule has 124 valence electrons. The fraction of sp³-hybridized carbons (Fsp3) is 0.222.